The van der Waals surface area contributed by atoms with Gasteiger partial charge < -0.3 is 59.8 Å². The molecule has 20 atom stereocenters. The first-order chi connectivity index (χ1) is 27.8. The SMILES string of the molecule is C[C@H](CC[C@@H](O)C(C)(C)O)C1CC[C@@]2(C)C3CC=C4C(CC[C@H](O[C@@H]5O[C@H](CO[C@@H]6OC(CO)[C@@H](O)[C@H](O)[C@H]6O)[C@@H](O)[C@H]([N+](=O)[O-])[C@H]5O)C4(C)C)[C@]3(C)[C@H]([N+](=O)[O-])C[C@]12C. The molecule has 344 valence electrons. The van der Waals surface area contributed by atoms with Gasteiger partial charge in [-0.25, -0.2) is 0 Å². The van der Waals surface area contributed by atoms with Crippen LogP contribution in [-0.4, -0.2) is 149 Å². The van der Waals surface area contributed by atoms with Crippen LogP contribution in [0.3, 0.4) is 0 Å². The third-order valence-corrected chi connectivity index (χ3v) is 17.1. The van der Waals surface area contributed by atoms with Gasteiger partial charge in [-0.3, -0.25) is 20.2 Å². The van der Waals surface area contributed by atoms with Crippen molar-refractivity contribution in [2.45, 2.75) is 192 Å². The Bertz CT molecular complexity index is 1610. The number of aliphatic hydroxyl groups is 8. The van der Waals surface area contributed by atoms with Crippen LogP contribution in [0.5, 0.6) is 0 Å². The molecule has 2 heterocycles. The molecule has 4 aliphatic carbocycles. The van der Waals surface area contributed by atoms with Gasteiger partial charge in [0, 0.05) is 27.1 Å². The van der Waals surface area contributed by atoms with Crippen LogP contribution in [0.15, 0.2) is 11.6 Å². The average molecular weight is 859 g/mol. The van der Waals surface area contributed by atoms with Gasteiger partial charge in [0.05, 0.1) is 31.0 Å². The van der Waals surface area contributed by atoms with Gasteiger partial charge in [-0.1, -0.05) is 53.2 Å². The largest absolute Gasteiger partial charge is 0.394 e. The molecule has 18 heteroatoms. The summed E-state index contributed by atoms with van der Waals surface area (Å²) in [6, 6.07) is -2.80. The molecule has 0 radical (unpaired) electrons. The second-order valence-electron chi connectivity index (χ2n) is 20.8. The van der Waals surface area contributed by atoms with E-state index in [9.17, 15) is 61.1 Å². The second kappa shape index (κ2) is 16.9. The van der Waals surface area contributed by atoms with Gasteiger partial charge in [0.2, 0.25) is 6.04 Å². The van der Waals surface area contributed by atoms with Crippen LogP contribution in [-0.2, 0) is 18.9 Å². The average Bonchev–Trinajstić information content (AvgIpc) is 3.44. The van der Waals surface area contributed by atoms with Crippen molar-refractivity contribution in [3.63, 3.8) is 0 Å². The maximum absolute atomic E-state index is 13.3. The molecule has 2 aliphatic heterocycles. The lowest BCUT2D eigenvalue weighted by atomic mass is 9.37. The maximum atomic E-state index is 13.3. The topological polar surface area (TPSA) is 285 Å². The Morgan fingerprint density at radius 1 is 0.867 bits per heavy atom. The van der Waals surface area contributed by atoms with Crippen molar-refractivity contribution < 1.29 is 69.6 Å². The highest BCUT2D eigenvalue weighted by Crippen LogP contribution is 2.75. The molecule has 6 aliphatic rings. The predicted molar refractivity (Wildman–Crippen MR) is 212 cm³/mol. The van der Waals surface area contributed by atoms with E-state index in [1.807, 2.05) is 13.8 Å². The number of ether oxygens (including phenoxy) is 4. The molecule has 0 spiro atoms. The summed E-state index contributed by atoms with van der Waals surface area (Å²) in [5, 5.41) is 109. The molecule has 5 fully saturated rings. The number of rotatable bonds is 13. The normalized spacial score (nSPS) is 47.6. The zero-order chi connectivity index (χ0) is 44.7. The molecule has 0 amide bonds. The molecule has 60 heavy (non-hydrogen) atoms. The maximum Gasteiger partial charge on any atom is 0.271 e. The lowest BCUT2D eigenvalue weighted by Crippen LogP contribution is -2.66. The van der Waals surface area contributed by atoms with E-state index in [0.29, 0.717) is 38.5 Å². The van der Waals surface area contributed by atoms with E-state index < -0.39 is 114 Å². The number of nitrogens with zero attached hydrogens (tertiary/aromatic N) is 2. The third kappa shape index (κ3) is 7.75. The van der Waals surface area contributed by atoms with Crippen LogP contribution in [0.4, 0.5) is 0 Å². The molecule has 0 bridgehead atoms. The standard InChI is InChI=1S/C42H70N2O16/c1-20(9-13-28(46)39(4,5)52)21-15-16-40(6)26-12-10-22-23(42(26,8)27(43(53)54)17-41(21,40)7)11-14-29(38(22,2)3)60-37-33(49)30(44(55)56)31(47)25(59-37)19-57-36-35(51)34(50)32(48)24(18-45)58-36/h10,20-21,23-37,45-52H,9,11-19H2,1-8H3/t20-,21?,23?,24?,25-,26?,27-,28-,29+,30+,31-,32-,33-,34+,35-,36-,37+,40+,41-,42+/m1/s1. The van der Waals surface area contributed by atoms with Gasteiger partial charge in [0.25, 0.3) is 6.04 Å². The van der Waals surface area contributed by atoms with Crippen LogP contribution in [0.25, 0.3) is 0 Å². The number of allylic oxidation sites excluding steroid dienone is 1. The molecule has 0 aromatic carbocycles. The molecule has 6 rings (SSSR count). The Balaban J connectivity index is 1.22. The third-order valence-electron chi connectivity index (χ3n) is 17.1. The van der Waals surface area contributed by atoms with E-state index in [1.165, 1.54) is 0 Å². The van der Waals surface area contributed by atoms with E-state index in [0.717, 1.165) is 18.4 Å². The molecule has 0 aromatic rings. The van der Waals surface area contributed by atoms with Gasteiger partial charge in [-0.15, -0.1) is 0 Å². The number of nitro groups is 2. The first-order valence-electron chi connectivity index (χ1n) is 21.7. The van der Waals surface area contributed by atoms with Gasteiger partial charge in [0.1, 0.15) is 30.5 Å². The number of hydrogen-bond acceptors (Lipinski definition) is 16. The van der Waals surface area contributed by atoms with E-state index in [1.54, 1.807) is 13.8 Å². The highest BCUT2D eigenvalue weighted by molar-refractivity contribution is 5.32. The number of aliphatic hydroxyl groups excluding tert-OH is 7. The second-order valence-corrected chi connectivity index (χ2v) is 20.8. The van der Waals surface area contributed by atoms with Gasteiger partial charge in [-0.2, -0.15) is 0 Å². The Labute approximate surface area is 351 Å². The Hall–Kier alpha value is -1.94. The van der Waals surface area contributed by atoms with Crippen LogP contribution >= 0.6 is 0 Å². The minimum absolute atomic E-state index is 0.00405. The lowest BCUT2D eigenvalue weighted by Gasteiger charge is -2.66. The summed E-state index contributed by atoms with van der Waals surface area (Å²) in [7, 11) is 0. The fraction of sp³-hybridized carbons (Fsp3) is 0.952. The van der Waals surface area contributed by atoms with Gasteiger partial charge >= 0.3 is 0 Å². The molecule has 4 unspecified atom stereocenters. The molecule has 8 N–H and O–H groups in total. The zero-order valence-corrected chi connectivity index (χ0v) is 36.2. The summed E-state index contributed by atoms with van der Waals surface area (Å²) in [5.74, 6) is 0.200. The van der Waals surface area contributed by atoms with Crippen molar-refractivity contribution in [1.82, 2.24) is 0 Å². The Morgan fingerprint density at radius 3 is 2.12 bits per heavy atom. The molecule has 2 saturated heterocycles. The molecule has 18 nitrogen and oxygen atoms in total. The quantitative estimate of drug-likeness (QED) is 0.0743. The first kappa shape index (κ1) is 47.5. The Kier molecular flexibility index (Phi) is 13.4. The van der Waals surface area contributed by atoms with Gasteiger partial charge in [0.15, 0.2) is 24.8 Å². The monoisotopic (exact) mass is 858 g/mol. The van der Waals surface area contributed by atoms with Crippen molar-refractivity contribution >= 4 is 0 Å². The summed E-state index contributed by atoms with van der Waals surface area (Å²) < 4.78 is 23.4. The van der Waals surface area contributed by atoms with Crippen molar-refractivity contribution in [1.29, 1.82) is 0 Å². The van der Waals surface area contributed by atoms with Crippen molar-refractivity contribution in [3.8, 4) is 0 Å². The first-order valence-corrected chi connectivity index (χ1v) is 21.7. The minimum atomic E-state index is -1.96. The van der Waals surface area contributed by atoms with Crippen LogP contribution in [0.1, 0.15) is 107 Å². The minimum Gasteiger partial charge on any atom is -0.394 e. The number of fused-ring (bicyclic) bond motifs is 5. The van der Waals surface area contributed by atoms with E-state index in [4.69, 9.17) is 18.9 Å². The van der Waals surface area contributed by atoms with E-state index >= 15 is 0 Å². The number of hydrogen-bond donors (Lipinski definition) is 8. The summed E-state index contributed by atoms with van der Waals surface area (Å²) >= 11 is 0. The highest BCUT2D eigenvalue weighted by Gasteiger charge is 2.73. The van der Waals surface area contributed by atoms with Crippen LogP contribution < -0.4 is 0 Å². The van der Waals surface area contributed by atoms with Crippen LogP contribution in [0.2, 0.25) is 0 Å². The Morgan fingerprint density at radius 2 is 1.52 bits per heavy atom. The predicted octanol–water partition coefficient (Wildman–Crippen LogP) is 1.69. The van der Waals surface area contributed by atoms with Crippen molar-refractivity contribution in [3.05, 3.63) is 31.9 Å². The van der Waals surface area contributed by atoms with E-state index in [2.05, 4.69) is 33.8 Å². The highest BCUT2D eigenvalue weighted by atomic mass is 16.7. The molecular formula is C42H70N2O16. The molecule has 0 aromatic heterocycles. The van der Waals surface area contributed by atoms with Crippen molar-refractivity contribution in [2.75, 3.05) is 13.2 Å². The van der Waals surface area contributed by atoms with Gasteiger partial charge in [-0.05, 0) is 93.3 Å². The lowest BCUT2D eigenvalue weighted by molar-refractivity contribution is -0.566. The summed E-state index contributed by atoms with van der Waals surface area (Å²) in [6.07, 6.45) is -9.33. The fourth-order valence-corrected chi connectivity index (χ4v) is 13.1. The summed E-state index contributed by atoms with van der Waals surface area (Å²) in [5.41, 5.74) is -2.26. The van der Waals surface area contributed by atoms with E-state index in [-0.39, 0.29) is 39.4 Å². The molecular weight excluding hydrogens is 788 g/mol. The molecule has 3 saturated carbocycles. The zero-order valence-electron chi connectivity index (χ0n) is 36.2. The smallest absolute Gasteiger partial charge is 0.271 e. The summed E-state index contributed by atoms with van der Waals surface area (Å²) in [6.45, 7) is 14.6. The summed E-state index contributed by atoms with van der Waals surface area (Å²) in [4.78, 5) is 24.7. The fourth-order valence-electron chi connectivity index (χ4n) is 13.1. The van der Waals surface area contributed by atoms with Crippen LogP contribution in [0, 0.1) is 65.6 Å². The van der Waals surface area contributed by atoms with Crippen molar-refractivity contribution in [2.24, 2.45) is 45.3 Å².